The average molecular weight is 595 g/mol. The number of carbonyl (C=O) groups is 1. The topological polar surface area (TPSA) is 47.6 Å². The predicted molar refractivity (Wildman–Crippen MR) is 136 cm³/mol. The lowest BCUT2D eigenvalue weighted by Gasteiger charge is -2.37. The van der Waals surface area contributed by atoms with Crippen LogP contribution >= 0.6 is 0 Å². The summed E-state index contributed by atoms with van der Waals surface area (Å²) in [6.45, 7) is 1.28. The van der Waals surface area contributed by atoms with E-state index in [2.05, 4.69) is 14.8 Å². The molecule has 0 unspecified atom stereocenters. The first-order chi connectivity index (χ1) is 19.6. The number of hydrogen-bond donors (Lipinski definition) is 1. The number of alkyl halides is 6. The second-order valence-electron chi connectivity index (χ2n) is 9.25. The van der Waals surface area contributed by atoms with Gasteiger partial charge in [-0.05, 0) is 65.6 Å². The second-order valence-corrected chi connectivity index (χ2v) is 9.25. The summed E-state index contributed by atoms with van der Waals surface area (Å²) >= 11 is 0. The summed E-state index contributed by atoms with van der Waals surface area (Å²) in [6.07, 6.45) is -10.4. The zero-order chi connectivity index (χ0) is 30.7. The Hall–Kier alpha value is -4.61. The summed E-state index contributed by atoms with van der Waals surface area (Å²) in [6, 6.07) is 18.5. The normalized spacial score (nSPS) is 12.1. The molecule has 4 rings (SSSR count). The van der Waals surface area contributed by atoms with Crippen molar-refractivity contribution in [3.8, 4) is 11.5 Å². The third kappa shape index (κ3) is 7.36. The molecule has 0 aliphatic heterocycles. The van der Waals surface area contributed by atoms with Crippen LogP contribution in [0.25, 0.3) is 0 Å². The van der Waals surface area contributed by atoms with Gasteiger partial charge in [-0.3, -0.25) is 4.79 Å². The molecule has 4 aromatic carbocycles. The van der Waals surface area contributed by atoms with E-state index in [1.807, 2.05) is 0 Å². The Bertz CT molecular complexity index is 1510. The number of rotatable bonds is 8. The maximum atomic E-state index is 14.9. The molecule has 0 aromatic heterocycles. The van der Waals surface area contributed by atoms with Crippen LogP contribution in [0.3, 0.4) is 0 Å². The average Bonchev–Trinajstić information content (AvgIpc) is 2.89. The molecule has 0 saturated heterocycles. The van der Waals surface area contributed by atoms with Crippen molar-refractivity contribution < 1.29 is 49.4 Å². The molecule has 0 fully saturated rings. The molecule has 12 heteroatoms. The minimum absolute atomic E-state index is 0.0707. The van der Waals surface area contributed by atoms with Crippen LogP contribution in [0.5, 0.6) is 11.5 Å². The van der Waals surface area contributed by atoms with Crippen LogP contribution in [0.4, 0.5) is 35.1 Å². The van der Waals surface area contributed by atoms with Gasteiger partial charge < -0.3 is 14.8 Å². The van der Waals surface area contributed by atoms with Crippen molar-refractivity contribution in [1.82, 2.24) is 5.32 Å². The second kappa shape index (κ2) is 11.7. The van der Waals surface area contributed by atoms with Crippen LogP contribution in [0.2, 0.25) is 0 Å². The molecule has 220 valence electrons. The molecule has 42 heavy (non-hydrogen) atoms. The number of aryl methyl sites for hydroxylation is 1. The summed E-state index contributed by atoms with van der Waals surface area (Å²) in [5.74, 6) is -4.57. The predicted octanol–water partition coefficient (Wildman–Crippen LogP) is 7.99. The van der Waals surface area contributed by atoms with Crippen LogP contribution < -0.4 is 14.8 Å². The molecule has 4 aromatic rings. The minimum atomic E-state index is -5.09. The monoisotopic (exact) mass is 595 g/mol. The van der Waals surface area contributed by atoms with Gasteiger partial charge in [0.25, 0.3) is 5.91 Å². The van der Waals surface area contributed by atoms with Gasteiger partial charge in [-0.1, -0.05) is 54.6 Å². The smallest absolute Gasteiger partial charge is 0.406 e. The molecule has 1 N–H and O–H groups in total. The summed E-state index contributed by atoms with van der Waals surface area (Å²) in [4.78, 5) is 13.6. The standard InChI is InChI=1S/C30H21F8NO3/c1-18-13-26(32)24(16-25(18)31)27(40)39-28(17-19-7-3-2-4-8-19,20-9-5-11-22(14-20)41-29(33,34)35)21-10-6-12-23(15-21)42-30(36,37)38/h2-16H,17H2,1H3,(H,39,40). The van der Waals surface area contributed by atoms with E-state index in [4.69, 9.17) is 0 Å². The van der Waals surface area contributed by atoms with Gasteiger partial charge in [0.2, 0.25) is 0 Å². The lowest BCUT2D eigenvalue weighted by molar-refractivity contribution is -0.275. The van der Waals surface area contributed by atoms with Crippen molar-refractivity contribution >= 4 is 5.91 Å². The quantitative estimate of drug-likeness (QED) is 0.210. The van der Waals surface area contributed by atoms with E-state index in [1.54, 1.807) is 30.3 Å². The number of carbonyl (C=O) groups excluding carboxylic acids is 1. The molecule has 1 amide bonds. The zero-order valence-corrected chi connectivity index (χ0v) is 21.6. The van der Waals surface area contributed by atoms with E-state index in [-0.39, 0.29) is 23.1 Å². The maximum absolute atomic E-state index is 14.9. The fraction of sp³-hybridized carbons (Fsp3) is 0.167. The number of ether oxygens (including phenoxy) is 2. The molecule has 0 saturated carbocycles. The first kappa shape index (κ1) is 30.4. The molecule has 0 aliphatic carbocycles. The van der Waals surface area contributed by atoms with Crippen LogP contribution in [-0.2, 0) is 12.0 Å². The largest absolute Gasteiger partial charge is 0.573 e. The SMILES string of the molecule is Cc1cc(F)c(C(=O)NC(Cc2ccccc2)(c2cccc(OC(F)(F)F)c2)c2cccc(OC(F)(F)F)c2)cc1F. The Balaban J connectivity index is 1.97. The van der Waals surface area contributed by atoms with E-state index >= 15 is 0 Å². The number of halogens is 8. The Labute approximate surface area is 234 Å². The highest BCUT2D eigenvalue weighted by Crippen LogP contribution is 2.39. The van der Waals surface area contributed by atoms with Crippen molar-refractivity contribution in [3.63, 3.8) is 0 Å². The van der Waals surface area contributed by atoms with Gasteiger partial charge in [0.05, 0.1) is 11.1 Å². The van der Waals surface area contributed by atoms with Crippen LogP contribution in [0, 0.1) is 18.6 Å². The number of benzene rings is 4. The Morgan fingerprint density at radius 2 is 1.21 bits per heavy atom. The van der Waals surface area contributed by atoms with E-state index in [0.717, 1.165) is 30.3 Å². The van der Waals surface area contributed by atoms with E-state index in [9.17, 15) is 39.9 Å². The van der Waals surface area contributed by atoms with Crippen molar-refractivity contribution in [2.24, 2.45) is 0 Å². The van der Waals surface area contributed by atoms with E-state index in [1.165, 1.54) is 31.2 Å². The van der Waals surface area contributed by atoms with Gasteiger partial charge >= 0.3 is 12.7 Å². The first-order valence-electron chi connectivity index (χ1n) is 12.2. The van der Waals surface area contributed by atoms with Gasteiger partial charge in [-0.25, -0.2) is 8.78 Å². The fourth-order valence-corrected chi connectivity index (χ4v) is 4.46. The van der Waals surface area contributed by atoms with Gasteiger partial charge in [0.15, 0.2) is 0 Å². The van der Waals surface area contributed by atoms with Crippen molar-refractivity contribution in [3.05, 3.63) is 130 Å². The van der Waals surface area contributed by atoms with Crippen LogP contribution in [-0.4, -0.2) is 18.6 Å². The summed E-state index contributed by atoms with van der Waals surface area (Å²) in [5.41, 5.74) is -2.44. The maximum Gasteiger partial charge on any atom is 0.573 e. The molecule has 0 atom stereocenters. The molecular weight excluding hydrogens is 574 g/mol. The first-order valence-corrected chi connectivity index (χ1v) is 12.2. The molecule has 0 bridgehead atoms. The molecule has 0 heterocycles. The summed E-state index contributed by atoms with van der Waals surface area (Å²) in [5, 5.41) is 2.58. The molecule has 4 nitrogen and oxygen atoms in total. The van der Waals surface area contributed by atoms with E-state index in [0.29, 0.717) is 11.6 Å². The van der Waals surface area contributed by atoms with E-state index < -0.39 is 52.9 Å². The number of amides is 1. The zero-order valence-electron chi connectivity index (χ0n) is 21.6. The number of nitrogens with one attached hydrogen (secondary N) is 1. The lowest BCUT2D eigenvalue weighted by atomic mass is 9.77. The highest BCUT2D eigenvalue weighted by molar-refractivity contribution is 5.95. The molecule has 0 spiro atoms. The van der Waals surface area contributed by atoms with Crippen molar-refractivity contribution in [2.75, 3.05) is 0 Å². The number of hydrogen-bond acceptors (Lipinski definition) is 3. The minimum Gasteiger partial charge on any atom is -0.406 e. The van der Waals surface area contributed by atoms with Gasteiger partial charge in [0, 0.05) is 6.42 Å². The lowest BCUT2D eigenvalue weighted by Crippen LogP contribution is -2.49. The third-order valence-electron chi connectivity index (χ3n) is 6.25. The Morgan fingerprint density at radius 3 is 1.71 bits per heavy atom. The van der Waals surface area contributed by atoms with Gasteiger partial charge in [-0.2, -0.15) is 0 Å². The summed E-state index contributed by atoms with van der Waals surface area (Å²) in [7, 11) is 0. The molecule has 0 aliphatic rings. The van der Waals surface area contributed by atoms with Crippen molar-refractivity contribution in [1.29, 1.82) is 0 Å². The summed E-state index contributed by atoms with van der Waals surface area (Å²) < 4.78 is 116. The van der Waals surface area contributed by atoms with Crippen LogP contribution in [0.1, 0.15) is 32.6 Å². The fourth-order valence-electron chi connectivity index (χ4n) is 4.46. The van der Waals surface area contributed by atoms with Gasteiger partial charge in [-0.15, -0.1) is 26.3 Å². The highest BCUT2D eigenvalue weighted by atomic mass is 19.4. The van der Waals surface area contributed by atoms with Gasteiger partial charge in [0.1, 0.15) is 23.1 Å². The van der Waals surface area contributed by atoms with Crippen LogP contribution in [0.15, 0.2) is 91.0 Å². The molecular formula is C30H21F8NO3. The third-order valence-corrected chi connectivity index (χ3v) is 6.25. The van der Waals surface area contributed by atoms with Crippen molar-refractivity contribution in [2.45, 2.75) is 31.6 Å². The highest BCUT2D eigenvalue weighted by Gasteiger charge is 2.40. The molecule has 0 radical (unpaired) electrons. The Morgan fingerprint density at radius 1 is 0.690 bits per heavy atom. The Kier molecular flexibility index (Phi) is 8.46.